The summed E-state index contributed by atoms with van der Waals surface area (Å²) in [6, 6.07) is 21.0. The van der Waals surface area contributed by atoms with E-state index in [1.54, 1.807) is 12.1 Å². The second-order valence-corrected chi connectivity index (χ2v) is 9.70. The molecule has 4 rings (SSSR count). The summed E-state index contributed by atoms with van der Waals surface area (Å²) in [6.07, 6.45) is 2.99. The van der Waals surface area contributed by atoms with E-state index in [0.717, 1.165) is 52.7 Å². The van der Waals surface area contributed by atoms with Crippen molar-refractivity contribution in [2.75, 3.05) is 6.61 Å². The zero-order valence-electron chi connectivity index (χ0n) is 21.5. The molecule has 0 aliphatic heterocycles. The molecule has 3 aromatic rings. The lowest BCUT2D eigenvalue weighted by molar-refractivity contribution is -0.139. The molecule has 0 saturated heterocycles. The lowest BCUT2D eigenvalue weighted by Gasteiger charge is -2.24. The number of hydrogen-bond donors (Lipinski definition) is 5. The zero-order chi connectivity index (χ0) is 27.1. The highest BCUT2D eigenvalue weighted by Crippen LogP contribution is 2.29. The van der Waals surface area contributed by atoms with Gasteiger partial charge in [-0.1, -0.05) is 66.7 Å². The predicted molar refractivity (Wildman–Crippen MR) is 147 cm³/mol. The summed E-state index contributed by atoms with van der Waals surface area (Å²) in [6.45, 7) is 2.10. The molecule has 0 aromatic heterocycles. The van der Waals surface area contributed by atoms with Crippen molar-refractivity contribution in [1.29, 1.82) is 0 Å². The second kappa shape index (κ2) is 12.5. The molecular formula is C31H34N2O5. The fourth-order valence-electron chi connectivity index (χ4n) is 4.61. The molecule has 0 spiro atoms. The monoisotopic (exact) mass is 514 g/mol. The van der Waals surface area contributed by atoms with Gasteiger partial charge in [0, 0.05) is 18.5 Å². The summed E-state index contributed by atoms with van der Waals surface area (Å²) in [5.74, 6) is -1.25. The van der Waals surface area contributed by atoms with E-state index in [-0.39, 0.29) is 18.8 Å². The molecular weight excluding hydrogens is 480 g/mol. The van der Waals surface area contributed by atoms with Gasteiger partial charge < -0.3 is 26.0 Å². The van der Waals surface area contributed by atoms with Crippen molar-refractivity contribution >= 4 is 11.9 Å². The number of nitrogens with one attached hydrogen (secondary N) is 2. The number of allylic oxidation sites excluding steroid dienone is 1. The Hall–Kier alpha value is -3.94. The van der Waals surface area contributed by atoms with Crippen LogP contribution in [0.3, 0.4) is 0 Å². The van der Waals surface area contributed by atoms with Crippen LogP contribution in [0, 0.1) is 6.92 Å². The zero-order valence-corrected chi connectivity index (χ0v) is 21.5. The van der Waals surface area contributed by atoms with Gasteiger partial charge >= 0.3 is 5.97 Å². The molecule has 1 fully saturated rings. The van der Waals surface area contributed by atoms with Gasteiger partial charge in [-0.15, -0.1) is 0 Å². The number of carbonyl (C=O) groups excluding carboxylic acids is 1. The molecule has 7 nitrogen and oxygen atoms in total. The molecule has 2 atom stereocenters. The first-order valence-electron chi connectivity index (χ1n) is 12.9. The summed E-state index contributed by atoms with van der Waals surface area (Å²) in [5, 5.41) is 35.9. The summed E-state index contributed by atoms with van der Waals surface area (Å²) in [5.41, 5.74) is 6.02. The van der Waals surface area contributed by atoms with E-state index in [1.807, 2.05) is 67.6 Å². The fraction of sp³-hybridized carbons (Fsp3) is 0.290. The third kappa shape index (κ3) is 6.49. The van der Waals surface area contributed by atoms with Gasteiger partial charge in [0.15, 0.2) is 0 Å². The SMILES string of the molecule is Cc1ccccc1C(=O)NC(Cc1ccc(-c2ccccc2CNC(CO)C(O)=C2CCC2)cc1)C(=O)O. The molecule has 38 heavy (non-hydrogen) atoms. The number of aliphatic carboxylic acids is 1. The number of rotatable bonds is 11. The predicted octanol–water partition coefficient (Wildman–Crippen LogP) is 4.53. The van der Waals surface area contributed by atoms with Crippen LogP contribution in [0.5, 0.6) is 0 Å². The number of carbonyl (C=O) groups is 2. The Balaban J connectivity index is 1.44. The minimum absolute atomic E-state index is 0.155. The van der Waals surface area contributed by atoms with Crippen LogP contribution >= 0.6 is 0 Å². The molecule has 0 heterocycles. The van der Waals surface area contributed by atoms with Crippen molar-refractivity contribution in [3.8, 4) is 11.1 Å². The smallest absolute Gasteiger partial charge is 0.326 e. The molecule has 1 aliphatic rings. The minimum atomic E-state index is -1.09. The third-order valence-electron chi connectivity index (χ3n) is 7.09. The summed E-state index contributed by atoms with van der Waals surface area (Å²) < 4.78 is 0. The van der Waals surface area contributed by atoms with Gasteiger partial charge in [-0.3, -0.25) is 4.79 Å². The van der Waals surface area contributed by atoms with Crippen molar-refractivity contribution < 1.29 is 24.9 Å². The molecule has 0 radical (unpaired) electrons. The van der Waals surface area contributed by atoms with E-state index < -0.39 is 24.0 Å². The van der Waals surface area contributed by atoms with Crippen LogP contribution < -0.4 is 10.6 Å². The van der Waals surface area contributed by atoms with Gasteiger partial charge in [0.25, 0.3) is 5.91 Å². The lowest BCUT2D eigenvalue weighted by atomic mass is 9.89. The van der Waals surface area contributed by atoms with Crippen LogP contribution in [0.2, 0.25) is 0 Å². The van der Waals surface area contributed by atoms with Crippen LogP contribution in [0.15, 0.2) is 84.1 Å². The Bertz CT molecular complexity index is 1310. The molecule has 5 N–H and O–H groups in total. The minimum Gasteiger partial charge on any atom is -0.511 e. The Morgan fingerprint density at radius 2 is 1.58 bits per heavy atom. The van der Waals surface area contributed by atoms with E-state index in [1.165, 1.54) is 0 Å². The van der Waals surface area contributed by atoms with Crippen molar-refractivity contribution in [3.63, 3.8) is 0 Å². The number of carboxylic acid groups (broad SMARTS) is 1. The third-order valence-corrected chi connectivity index (χ3v) is 7.09. The second-order valence-electron chi connectivity index (χ2n) is 9.70. The number of aryl methyl sites for hydroxylation is 1. The molecule has 1 amide bonds. The van der Waals surface area contributed by atoms with Crippen LogP contribution in [-0.2, 0) is 17.8 Å². The van der Waals surface area contributed by atoms with Crippen LogP contribution in [0.1, 0.15) is 46.3 Å². The maximum Gasteiger partial charge on any atom is 0.326 e. The number of carboxylic acids is 1. The van der Waals surface area contributed by atoms with Gasteiger partial charge in [-0.05, 0) is 65.6 Å². The first kappa shape index (κ1) is 27.1. The Kier molecular flexibility index (Phi) is 8.94. The average Bonchev–Trinajstić information content (AvgIpc) is 2.88. The highest BCUT2D eigenvalue weighted by atomic mass is 16.4. The van der Waals surface area contributed by atoms with Crippen molar-refractivity contribution in [2.45, 2.75) is 51.2 Å². The number of amides is 1. The maximum absolute atomic E-state index is 12.7. The van der Waals surface area contributed by atoms with Crippen LogP contribution in [0.4, 0.5) is 0 Å². The molecule has 3 aromatic carbocycles. The molecule has 198 valence electrons. The molecule has 1 saturated carbocycles. The van der Waals surface area contributed by atoms with Crippen molar-refractivity contribution in [1.82, 2.24) is 10.6 Å². The number of benzene rings is 3. The van der Waals surface area contributed by atoms with E-state index in [4.69, 9.17) is 0 Å². The van der Waals surface area contributed by atoms with E-state index >= 15 is 0 Å². The summed E-state index contributed by atoms with van der Waals surface area (Å²) in [7, 11) is 0. The quantitative estimate of drug-likeness (QED) is 0.240. The molecule has 0 bridgehead atoms. The largest absolute Gasteiger partial charge is 0.511 e. The van der Waals surface area contributed by atoms with E-state index in [9.17, 15) is 24.9 Å². The first-order valence-corrected chi connectivity index (χ1v) is 12.9. The Labute approximate surface area is 222 Å². The lowest BCUT2D eigenvalue weighted by Crippen LogP contribution is -2.42. The van der Waals surface area contributed by atoms with Gasteiger partial charge in [0.1, 0.15) is 11.8 Å². The maximum atomic E-state index is 12.7. The number of hydrogen-bond acceptors (Lipinski definition) is 5. The van der Waals surface area contributed by atoms with Gasteiger partial charge in [-0.2, -0.15) is 0 Å². The fourth-order valence-corrected chi connectivity index (χ4v) is 4.61. The normalized spacial score (nSPS) is 14.3. The van der Waals surface area contributed by atoms with Gasteiger partial charge in [0.05, 0.1) is 12.6 Å². The Morgan fingerprint density at radius 1 is 0.895 bits per heavy atom. The topological polar surface area (TPSA) is 119 Å². The highest BCUT2D eigenvalue weighted by molar-refractivity contribution is 5.97. The molecule has 7 heteroatoms. The number of aliphatic hydroxyl groups excluding tert-OH is 2. The summed E-state index contributed by atoms with van der Waals surface area (Å²) in [4.78, 5) is 24.6. The van der Waals surface area contributed by atoms with E-state index in [2.05, 4.69) is 10.6 Å². The van der Waals surface area contributed by atoms with Gasteiger partial charge in [-0.25, -0.2) is 4.79 Å². The van der Waals surface area contributed by atoms with Crippen molar-refractivity contribution in [2.24, 2.45) is 0 Å². The highest BCUT2D eigenvalue weighted by Gasteiger charge is 2.23. The summed E-state index contributed by atoms with van der Waals surface area (Å²) >= 11 is 0. The van der Waals surface area contributed by atoms with E-state index in [0.29, 0.717) is 12.1 Å². The Morgan fingerprint density at radius 3 is 2.21 bits per heavy atom. The van der Waals surface area contributed by atoms with Gasteiger partial charge in [0.2, 0.25) is 0 Å². The average molecular weight is 515 g/mol. The molecule has 1 aliphatic carbocycles. The standard InChI is InChI=1S/C31H34N2O5/c1-20-7-2-4-11-25(20)30(36)33-27(31(37)38)17-21-13-15-22(16-14-21)26-12-5-3-8-24(26)18-32-28(19-34)29(35)23-9-6-10-23/h2-5,7-8,11-16,27-28,32,34-35H,6,9-10,17-19H2,1H3,(H,33,36)(H,37,38). The van der Waals surface area contributed by atoms with Crippen molar-refractivity contribution in [3.05, 3.63) is 106 Å². The first-order chi connectivity index (χ1) is 18.4. The molecule has 2 unspecified atom stereocenters. The number of aliphatic hydroxyl groups is 2. The van der Waals surface area contributed by atoms with Crippen LogP contribution in [0.25, 0.3) is 11.1 Å². The van der Waals surface area contributed by atoms with Crippen LogP contribution in [-0.4, -0.2) is 45.9 Å².